The van der Waals surface area contributed by atoms with Crippen LogP contribution >= 0.6 is 15.9 Å². The lowest BCUT2D eigenvalue weighted by Gasteiger charge is -2.16. The Bertz CT molecular complexity index is 781. The van der Waals surface area contributed by atoms with E-state index in [2.05, 4.69) is 15.9 Å². The maximum atomic E-state index is 12.5. The molecule has 2 aromatic carbocycles. The molecule has 0 saturated carbocycles. The van der Waals surface area contributed by atoms with Gasteiger partial charge >= 0.3 is 0 Å². The van der Waals surface area contributed by atoms with E-state index in [-0.39, 0.29) is 17.9 Å². The van der Waals surface area contributed by atoms with E-state index in [4.69, 9.17) is 9.47 Å². The first-order chi connectivity index (χ1) is 11.1. The Morgan fingerprint density at radius 1 is 1.13 bits per heavy atom. The molecule has 1 fully saturated rings. The van der Waals surface area contributed by atoms with Crippen molar-refractivity contribution in [3.63, 3.8) is 0 Å². The molecule has 1 atom stereocenters. The summed E-state index contributed by atoms with van der Waals surface area (Å²) in [6, 6.07) is 12.0. The number of carbonyl (C=O) groups excluding carboxylic acids is 2. The highest BCUT2D eigenvalue weighted by Crippen LogP contribution is 2.34. The molecular weight excluding hydrogens is 362 g/mol. The average Bonchev–Trinajstić information content (AvgIpc) is 3.35. The van der Waals surface area contributed by atoms with Crippen LogP contribution in [0.4, 0.5) is 5.69 Å². The number of carbonyl (C=O) groups is 2. The number of hydrogen-bond acceptors (Lipinski definition) is 4. The molecule has 2 aliphatic heterocycles. The Morgan fingerprint density at radius 2 is 1.78 bits per heavy atom. The highest BCUT2D eigenvalue weighted by Gasteiger charge is 2.36. The third-order valence-corrected chi connectivity index (χ3v) is 4.45. The van der Waals surface area contributed by atoms with Gasteiger partial charge in [0.05, 0.1) is 27.9 Å². The SMILES string of the molecule is O=C1c2ccccc2C(=O)N1c1ccc(Br)c(OCC2CO2)c1. The van der Waals surface area contributed by atoms with Crippen LogP contribution in [-0.2, 0) is 4.74 Å². The van der Waals surface area contributed by atoms with Crippen molar-refractivity contribution in [2.24, 2.45) is 0 Å². The molecule has 2 heterocycles. The number of rotatable bonds is 4. The summed E-state index contributed by atoms with van der Waals surface area (Å²) in [4.78, 5) is 26.2. The fraction of sp³-hybridized carbons (Fsp3) is 0.176. The summed E-state index contributed by atoms with van der Waals surface area (Å²) >= 11 is 3.41. The summed E-state index contributed by atoms with van der Waals surface area (Å²) in [5, 5.41) is 0. The Kier molecular flexibility index (Phi) is 3.43. The minimum Gasteiger partial charge on any atom is -0.490 e. The van der Waals surface area contributed by atoms with Crippen LogP contribution in [-0.4, -0.2) is 31.1 Å². The van der Waals surface area contributed by atoms with Crippen LogP contribution in [0, 0.1) is 0 Å². The number of halogens is 1. The summed E-state index contributed by atoms with van der Waals surface area (Å²) in [5.74, 6) is -0.0525. The summed E-state index contributed by atoms with van der Waals surface area (Å²) in [6.07, 6.45) is 0.130. The minimum atomic E-state index is -0.315. The largest absolute Gasteiger partial charge is 0.490 e. The molecule has 0 spiro atoms. The van der Waals surface area contributed by atoms with E-state index in [0.29, 0.717) is 35.8 Å². The van der Waals surface area contributed by atoms with E-state index in [0.717, 1.165) is 4.47 Å². The summed E-state index contributed by atoms with van der Waals surface area (Å²) in [6.45, 7) is 1.15. The Balaban J connectivity index is 1.67. The van der Waals surface area contributed by atoms with Crippen LogP contribution in [0.25, 0.3) is 0 Å². The van der Waals surface area contributed by atoms with Gasteiger partial charge in [-0.25, -0.2) is 4.90 Å². The van der Waals surface area contributed by atoms with E-state index in [1.807, 2.05) is 0 Å². The molecular formula is C17H12BrNO4. The molecule has 116 valence electrons. The van der Waals surface area contributed by atoms with Crippen molar-refractivity contribution < 1.29 is 19.1 Å². The maximum Gasteiger partial charge on any atom is 0.266 e. The van der Waals surface area contributed by atoms with Gasteiger partial charge in [-0.3, -0.25) is 9.59 Å². The van der Waals surface area contributed by atoms with Crippen LogP contribution in [0.1, 0.15) is 20.7 Å². The van der Waals surface area contributed by atoms with Gasteiger partial charge in [-0.05, 0) is 40.2 Å². The van der Waals surface area contributed by atoms with Crippen molar-refractivity contribution in [2.75, 3.05) is 18.1 Å². The Morgan fingerprint density at radius 3 is 2.39 bits per heavy atom. The number of nitrogens with zero attached hydrogens (tertiary/aromatic N) is 1. The second-order valence-electron chi connectivity index (χ2n) is 5.37. The molecule has 6 heteroatoms. The van der Waals surface area contributed by atoms with Gasteiger partial charge in [-0.1, -0.05) is 12.1 Å². The molecule has 23 heavy (non-hydrogen) atoms. The Hall–Kier alpha value is -2.18. The summed E-state index contributed by atoms with van der Waals surface area (Å²) < 4.78 is 11.6. The van der Waals surface area contributed by atoms with Crippen molar-refractivity contribution in [3.8, 4) is 5.75 Å². The zero-order valence-electron chi connectivity index (χ0n) is 12.0. The molecule has 0 radical (unpaired) electrons. The predicted octanol–water partition coefficient (Wildman–Crippen LogP) is 3.03. The van der Waals surface area contributed by atoms with Gasteiger partial charge in [0.25, 0.3) is 11.8 Å². The van der Waals surface area contributed by atoms with Gasteiger partial charge in [0, 0.05) is 6.07 Å². The number of benzene rings is 2. The fourth-order valence-corrected chi connectivity index (χ4v) is 2.87. The molecule has 2 amide bonds. The van der Waals surface area contributed by atoms with Gasteiger partial charge < -0.3 is 9.47 Å². The van der Waals surface area contributed by atoms with E-state index >= 15 is 0 Å². The number of amides is 2. The predicted molar refractivity (Wildman–Crippen MR) is 87.0 cm³/mol. The van der Waals surface area contributed by atoms with Gasteiger partial charge in [-0.15, -0.1) is 0 Å². The van der Waals surface area contributed by atoms with E-state index in [1.165, 1.54) is 4.90 Å². The topological polar surface area (TPSA) is 59.1 Å². The second-order valence-corrected chi connectivity index (χ2v) is 6.23. The van der Waals surface area contributed by atoms with Crippen LogP contribution in [0.5, 0.6) is 5.75 Å². The number of hydrogen-bond donors (Lipinski definition) is 0. The highest BCUT2D eigenvalue weighted by molar-refractivity contribution is 9.10. The first kappa shape index (κ1) is 14.4. The summed E-state index contributed by atoms with van der Waals surface area (Å²) in [5.41, 5.74) is 1.34. The normalized spacial score (nSPS) is 19.0. The third kappa shape index (κ3) is 2.54. The van der Waals surface area contributed by atoms with Gasteiger partial charge in [0.1, 0.15) is 18.5 Å². The van der Waals surface area contributed by atoms with E-state index in [9.17, 15) is 9.59 Å². The zero-order valence-corrected chi connectivity index (χ0v) is 13.6. The minimum absolute atomic E-state index is 0.130. The smallest absolute Gasteiger partial charge is 0.266 e. The molecule has 4 rings (SSSR count). The lowest BCUT2D eigenvalue weighted by molar-refractivity contribution is 0.0926. The first-order valence-corrected chi connectivity index (χ1v) is 7.96. The van der Waals surface area contributed by atoms with Gasteiger partial charge in [0.15, 0.2) is 0 Å². The van der Waals surface area contributed by atoms with Crippen LogP contribution in [0.3, 0.4) is 0 Å². The van der Waals surface area contributed by atoms with Gasteiger partial charge in [-0.2, -0.15) is 0 Å². The van der Waals surface area contributed by atoms with E-state index in [1.54, 1.807) is 42.5 Å². The molecule has 2 aliphatic rings. The molecule has 2 aromatic rings. The zero-order chi connectivity index (χ0) is 16.0. The number of ether oxygens (including phenoxy) is 2. The standard InChI is InChI=1S/C17H12BrNO4/c18-14-6-5-10(7-15(14)23-9-11-8-22-11)19-16(20)12-3-1-2-4-13(12)17(19)21/h1-7,11H,8-9H2. The summed E-state index contributed by atoms with van der Waals surface area (Å²) in [7, 11) is 0. The first-order valence-electron chi connectivity index (χ1n) is 7.17. The van der Waals surface area contributed by atoms with Crippen LogP contribution in [0.2, 0.25) is 0 Å². The number of fused-ring (bicyclic) bond motifs is 1. The fourth-order valence-electron chi connectivity index (χ4n) is 2.51. The number of anilines is 1. The number of imide groups is 1. The monoisotopic (exact) mass is 373 g/mol. The molecule has 5 nitrogen and oxygen atoms in total. The third-order valence-electron chi connectivity index (χ3n) is 3.79. The Labute approximate surface area is 140 Å². The van der Waals surface area contributed by atoms with Crippen molar-refractivity contribution in [1.82, 2.24) is 0 Å². The quantitative estimate of drug-likeness (QED) is 0.610. The molecule has 1 saturated heterocycles. The van der Waals surface area contributed by atoms with Gasteiger partial charge in [0.2, 0.25) is 0 Å². The van der Waals surface area contributed by atoms with Crippen molar-refractivity contribution in [3.05, 3.63) is 58.1 Å². The van der Waals surface area contributed by atoms with Crippen molar-refractivity contribution in [1.29, 1.82) is 0 Å². The van der Waals surface area contributed by atoms with Crippen molar-refractivity contribution >= 4 is 33.4 Å². The van der Waals surface area contributed by atoms with Crippen LogP contribution < -0.4 is 9.64 Å². The number of epoxide rings is 1. The molecule has 0 N–H and O–H groups in total. The highest BCUT2D eigenvalue weighted by atomic mass is 79.9. The lowest BCUT2D eigenvalue weighted by atomic mass is 10.1. The molecule has 1 unspecified atom stereocenters. The van der Waals surface area contributed by atoms with Crippen LogP contribution in [0.15, 0.2) is 46.9 Å². The lowest BCUT2D eigenvalue weighted by Crippen LogP contribution is -2.29. The van der Waals surface area contributed by atoms with E-state index < -0.39 is 0 Å². The molecule has 0 aliphatic carbocycles. The molecule has 0 bridgehead atoms. The molecule has 0 aromatic heterocycles. The van der Waals surface area contributed by atoms with Crippen molar-refractivity contribution in [2.45, 2.75) is 6.10 Å². The second kappa shape index (κ2) is 5.47. The maximum absolute atomic E-state index is 12.5. The average molecular weight is 374 g/mol.